The Morgan fingerprint density at radius 2 is 1.77 bits per heavy atom. The minimum absolute atomic E-state index is 0.0490. The van der Waals surface area contributed by atoms with Crippen molar-refractivity contribution in [1.29, 1.82) is 0 Å². The lowest BCUT2D eigenvalue weighted by atomic mass is 9.84. The second-order valence-electron chi connectivity index (χ2n) is 6.33. The molecule has 0 radical (unpaired) electrons. The van der Waals surface area contributed by atoms with Gasteiger partial charge in [-0.25, -0.2) is 9.07 Å². The molecule has 0 atom stereocenters. The Bertz CT molecular complexity index is 701. The van der Waals surface area contributed by atoms with Gasteiger partial charge in [-0.05, 0) is 45.9 Å². The van der Waals surface area contributed by atoms with Crippen molar-refractivity contribution in [2.75, 3.05) is 0 Å². The molecule has 0 amide bonds. The summed E-state index contributed by atoms with van der Waals surface area (Å²) < 4.78 is 27.7. The summed E-state index contributed by atoms with van der Waals surface area (Å²) in [5.74, 6) is -0.523. The van der Waals surface area contributed by atoms with Crippen molar-refractivity contribution in [3.05, 3.63) is 41.3 Å². The largest absolute Gasteiger partial charge is 0.514 e. The third kappa shape index (κ3) is 2.35. The van der Waals surface area contributed by atoms with Crippen LogP contribution in [0, 0.1) is 5.82 Å². The van der Waals surface area contributed by atoms with Crippen LogP contribution in [0.5, 0.6) is 0 Å². The standard InChI is InChI=1S/C15H17BClFN2O2/c1-14(2)15(3,4)22-16(21-14)12-8-9-19-20(12)11-7-5-6-10(17)13(11)18/h5-9H,1-4H3. The number of benzene rings is 1. The molecule has 1 aliphatic rings. The van der Waals surface area contributed by atoms with Crippen molar-refractivity contribution in [3.8, 4) is 5.69 Å². The smallest absolute Gasteiger partial charge is 0.398 e. The quantitative estimate of drug-likeness (QED) is 0.798. The highest BCUT2D eigenvalue weighted by atomic mass is 35.5. The van der Waals surface area contributed by atoms with Crippen LogP contribution in [0.2, 0.25) is 5.02 Å². The predicted molar refractivity (Wildman–Crippen MR) is 84.2 cm³/mol. The van der Waals surface area contributed by atoms with Gasteiger partial charge in [-0.3, -0.25) is 0 Å². The second-order valence-corrected chi connectivity index (χ2v) is 6.74. The molecule has 116 valence electrons. The maximum atomic E-state index is 14.3. The van der Waals surface area contributed by atoms with E-state index in [0.29, 0.717) is 5.59 Å². The highest BCUT2D eigenvalue weighted by Gasteiger charge is 2.52. The van der Waals surface area contributed by atoms with Gasteiger partial charge in [0.25, 0.3) is 0 Å². The normalized spacial score (nSPS) is 19.6. The Hall–Kier alpha value is -1.37. The third-order valence-electron chi connectivity index (χ3n) is 4.33. The van der Waals surface area contributed by atoms with Gasteiger partial charge in [0.1, 0.15) is 5.69 Å². The van der Waals surface area contributed by atoms with E-state index < -0.39 is 24.1 Å². The van der Waals surface area contributed by atoms with Crippen molar-refractivity contribution in [2.45, 2.75) is 38.9 Å². The Balaban J connectivity index is 2.03. The first kappa shape index (κ1) is 15.5. The molecule has 1 aliphatic heterocycles. The Kier molecular flexibility index (Phi) is 3.59. The van der Waals surface area contributed by atoms with Gasteiger partial charge in [-0.2, -0.15) is 5.10 Å². The fourth-order valence-electron chi connectivity index (χ4n) is 2.31. The average molecular weight is 323 g/mol. The zero-order chi connectivity index (χ0) is 16.1. The molecule has 0 spiro atoms. The fraction of sp³-hybridized carbons (Fsp3) is 0.400. The topological polar surface area (TPSA) is 36.3 Å². The minimum atomic E-state index is -0.620. The lowest BCUT2D eigenvalue weighted by Gasteiger charge is -2.32. The number of rotatable bonds is 2. The lowest BCUT2D eigenvalue weighted by molar-refractivity contribution is 0.00578. The van der Waals surface area contributed by atoms with Crippen LogP contribution in [0.3, 0.4) is 0 Å². The SMILES string of the molecule is CC1(C)OB(c2ccnn2-c2cccc(Cl)c2F)OC1(C)C. The van der Waals surface area contributed by atoms with Gasteiger partial charge < -0.3 is 9.31 Å². The first-order chi connectivity index (χ1) is 10.2. The van der Waals surface area contributed by atoms with Crippen LogP contribution in [-0.2, 0) is 9.31 Å². The molecule has 1 fully saturated rings. The highest BCUT2D eigenvalue weighted by Crippen LogP contribution is 2.36. The molecule has 1 aromatic heterocycles. The van der Waals surface area contributed by atoms with Crippen LogP contribution in [0.25, 0.3) is 5.69 Å². The van der Waals surface area contributed by atoms with E-state index in [1.165, 1.54) is 10.7 Å². The predicted octanol–water partition coefficient (Wildman–Crippen LogP) is 2.96. The fourth-order valence-corrected chi connectivity index (χ4v) is 2.48. The second kappa shape index (κ2) is 5.08. The van der Waals surface area contributed by atoms with Crippen molar-refractivity contribution < 1.29 is 13.7 Å². The average Bonchev–Trinajstić information content (AvgIpc) is 2.96. The van der Waals surface area contributed by atoms with E-state index in [4.69, 9.17) is 20.9 Å². The van der Waals surface area contributed by atoms with Crippen molar-refractivity contribution >= 4 is 24.3 Å². The molecule has 0 unspecified atom stereocenters. The van der Waals surface area contributed by atoms with Crippen LogP contribution in [-0.4, -0.2) is 28.1 Å². The maximum absolute atomic E-state index is 14.3. The molecule has 2 aromatic rings. The molecule has 1 saturated heterocycles. The molecule has 1 aromatic carbocycles. The van der Waals surface area contributed by atoms with E-state index in [-0.39, 0.29) is 10.7 Å². The Labute approximate surface area is 134 Å². The van der Waals surface area contributed by atoms with Gasteiger partial charge in [0, 0.05) is 6.20 Å². The first-order valence-electron chi connectivity index (χ1n) is 7.07. The van der Waals surface area contributed by atoms with Crippen LogP contribution < -0.4 is 5.59 Å². The minimum Gasteiger partial charge on any atom is -0.398 e. The van der Waals surface area contributed by atoms with Gasteiger partial charge in [0.05, 0.1) is 21.8 Å². The lowest BCUT2D eigenvalue weighted by Crippen LogP contribution is -2.41. The molecular weight excluding hydrogens is 305 g/mol. The van der Waals surface area contributed by atoms with E-state index in [9.17, 15) is 4.39 Å². The number of halogens is 2. The van der Waals surface area contributed by atoms with E-state index >= 15 is 0 Å². The van der Waals surface area contributed by atoms with Gasteiger partial charge in [0.15, 0.2) is 5.82 Å². The Morgan fingerprint density at radius 3 is 2.41 bits per heavy atom. The zero-order valence-electron chi connectivity index (χ0n) is 12.9. The summed E-state index contributed by atoms with van der Waals surface area (Å²) in [6.07, 6.45) is 1.58. The van der Waals surface area contributed by atoms with E-state index in [1.54, 1.807) is 24.4 Å². The third-order valence-corrected chi connectivity index (χ3v) is 4.62. The van der Waals surface area contributed by atoms with Crippen molar-refractivity contribution in [1.82, 2.24) is 9.78 Å². The number of aromatic nitrogens is 2. The van der Waals surface area contributed by atoms with E-state index in [2.05, 4.69) is 5.10 Å². The van der Waals surface area contributed by atoms with Gasteiger partial charge in [-0.15, -0.1) is 0 Å². The number of nitrogens with zero attached hydrogens (tertiary/aromatic N) is 2. The summed E-state index contributed by atoms with van der Waals surface area (Å²) in [5, 5.41) is 4.24. The summed E-state index contributed by atoms with van der Waals surface area (Å²) in [7, 11) is -0.620. The molecule has 4 nitrogen and oxygen atoms in total. The van der Waals surface area contributed by atoms with E-state index in [1.807, 2.05) is 27.7 Å². The molecule has 7 heteroatoms. The molecule has 0 N–H and O–H groups in total. The highest BCUT2D eigenvalue weighted by molar-refractivity contribution is 6.61. The van der Waals surface area contributed by atoms with Gasteiger partial charge in [-0.1, -0.05) is 17.7 Å². The first-order valence-corrected chi connectivity index (χ1v) is 7.45. The van der Waals surface area contributed by atoms with Gasteiger partial charge in [0.2, 0.25) is 0 Å². The summed E-state index contributed by atoms with van der Waals surface area (Å²) in [6, 6.07) is 6.54. The molecule has 0 bridgehead atoms. The molecule has 0 aliphatic carbocycles. The van der Waals surface area contributed by atoms with Crippen LogP contribution >= 0.6 is 11.6 Å². The monoisotopic (exact) mass is 322 g/mol. The van der Waals surface area contributed by atoms with Crippen molar-refractivity contribution in [2.24, 2.45) is 0 Å². The van der Waals surface area contributed by atoms with Crippen LogP contribution in [0.4, 0.5) is 4.39 Å². The maximum Gasteiger partial charge on any atom is 0.514 e. The summed E-state index contributed by atoms with van der Waals surface area (Å²) in [5.41, 5.74) is -0.0544. The van der Waals surface area contributed by atoms with Crippen LogP contribution in [0.15, 0.2) is 30.5 Å². The molecular formula is C15H17BClFN2O2. The molecule has 2 heterocycles. The van der Waals surface area contributed by atoms with Crippen LogP contribution in [0.1, 0.15) is 27.7 Å². The summed E-state index contributed by atoms with van der Waals surface area (Å²) in [4.78, 5) is 0. The number of hydrogen-bond acceptors (Lipinski definition) is 3. The Morgan fingerprint density at radius 1 is 1.14 bits per heavy atom. The summed E-state index contributed by atoms with van der Waals surface area (Å²) in [6.45, 7) is 7.86. The molecule has 0 saturated carbocycles. The van der Waals surface area contributed by atoms with Crippen molar-refractivity contribution in [3.63, 3.8) is 0 Å². The summed E-state index contributed by atoms with van der Waals surface area (Å²) >= 11 is 5.85. The molecule has 3 rings (SSSR count). The molecule has 22 heavy (non-hydrogen) atoms. The van der Waals surface area contributed by atoms with Gasteiger partial charge >= 0.3 is 7.12 Å². The zero-order valence-corrected chi connectivity index (χ0v) is 13.7. The number of hydrogen-bond donors (Lipinski definition) is 0. The van der Waals surface area contributed by atoms with E-state index in [0.717, 1.165) is 0 Å².